The predicted octanol–water partition coefficient (Wildman–Crippen LogP) is 1.15. The number of rotatable bonds is 6. The Balaban J connectivity index is 1.48. The molecule has 1 aromatic rings. The van der Waals surface area contributed by atoms with E-state index in [2.05, 4.69) is 0 Å². The van der Waals surface area contributed by atoms with Gasteiger partial charge in [0.15, 0.2) is 0 Å². The largest absolute Gasteiger partial charge is 0.399 e. The summed E-state index contributed by atoms with van der Waals surface area (Å²) < 4.78 is 25.8. The minimum absolute atomic E-state index is 0.0905. The third-order valence-corrected chi connectivity index (χ3v) is 7.12. The summed E-state index contributed by atoms with van der Waals surface area (Å²) in [5.74, 6) is 0.891. The molecule has 2 fully saturated rings. The van der Waals surface area contributed by atoms with E-state index >= 15 is 0 Å². The van der Waals surface area contributed by atoms with Crippen molar-refractivity contribution in [3.05, 3.63) is 24.3 Å². The van der Waals surface area contributed by atoms with E-state index in [1.165, 1.54) is 16.1 Å². The molecule has 0 unspecified atom stereocenters. The van der Waals surface area contributed by atoms with Crippen LogP contribution >= 0.6 is 11.8 Å². The normalized spacial score (nSPS) is 22.0. The number of aliphatic hydroxyl groups is 1. The number of sulfonamides is 1. The molecule has 3 N–H and O–H groups in total. The van der Waals surface area contributed by atoms with Gasteiger partial charge in [-0.15, -0.1) is 11.8 Å². The standard InChI is InChI=1S/C14H20N2O3S2/c15-12-2-1-3-13(8-12)20-6-7-21(18,19)16-9-14(17,10-16)11-4-5-11/h1-3,8,11,17H,4-7,9-10,15H2. The summed E-state index contributed by atoms with van der Waals surface area (Å²) in [6, 6.07) is 7.42. The van der Waals surface area contributed by atoms with Gasteiger partial charge in [-0.25, -0.2) is 8.42 Å². The molecule has 116 valence electrons. The summed E-state index contributed by atoms with van der Waals surface area (Å²) in [4.78, 5) is 0.975. The lowest BCUT2D eigenvalue weighted by molar-refractivity contribution is -0.0764. The Morgan fingerprint density at radius 2 is 2.10 bits per heavy atom. The van der Waals surface area contributed by atoms with Crippen molar-refractivity contribution in [1.29, 1.82) is 0 Å². The lowest BCUT2D eigenvalue weighted by Gasteiger charge is -2.45. The minimum atomic E-state index is -3.26. The molecular formula is C14H20N2O3S2. The van der Waals surface area contributed by atoms with Crippen LogP contribution in [0, 0.1) is 5.92 Å². The van der Waals surface area contributed by atoms with Crippen LogP contribution in [-0.4, -0.2) is 48.0 Å². The van der Waals surface area contributed by atoms with Crippen LogP contribution in [0.1, 0.15) is 12.8 Å². The fourth-order valence-corrected chi connectivity index (χ4v) is 5.54. The molecule has 1 heterocycles. The second-order valence-electron chi connectivity index (χ2n) is 5.88. The number of hydrogen-bond acceptors (Lipinski definition) is 5. The lowest BCUT2D eigenvalue weighted by Crippen LogP contribution is -2.65. The van der Waals surface area contributed by atoms with Crippen LogP contribution in [0.2, 0.25) is 0 Å². The lowest BCUT2D eigenvalue weighted by atomic mass is 9.91. The van der Waals surface area contributed by atoms with Crippen LogP contribution in [0.15, 0.2) is 29.2 Å². The van der Waals surface area contributed by atoms with E-state index in [0.29, 0.717) is 17.4 Å². The van der Waals surface area contributed by atoms with Crippen molar-refractivity contribution < 1.29 is 13.5 Å². The summed E-state index contributed by atoms with van der Waals surface area (Å²) in [6.45, 7) is 0.534. The molecule has 1 aliphatic heterocycles. The highest BCUT2D eigenvalue weighted by Gasteiger charge is 2.54. The van der Waals surface area contributed by atoms with E-state index in [0.717, 1.165) is 17.7 Å². The number of benzene rings is 1. The van der Waals surface area contributed by atoms with Crippen molar-refractivity contribution in [2.45, 2.75) is 23.3 Å². The summed E-state index contributed by atoms with van der Waals surface area (Å²) >= 11 is 1.48. The zero-order valence-corrected chi connectivity index (χ0v) is 13.4. The molecule has 0 aromatic heterocycles. The Labute approximate surface area is 129 Å². The number of β-amino-alcohol motifs (C(OH)–C–C–N with tert-alkyl or cyclic N) is 1. The molecule has 1 saturated heterocycles. The maximum Gasteiger partial charge on any atom is 0.215 e. The predicted molar refractivity (Wildman–Crippen MR) is 84.6 cm³/mol. The Hall–Kier alpha value is -0.760. The van der Waals surface area contributed by atoms with Gasteiger partial charge in [0.25, 0.3) is 0 Å². The highest BCUT2D eigenvalue weighted by Crippen LogP contribution is 2.45. The minimum Gasteiger partial charge on any atom is -0.399 e. The zero-order chi connectivity index (χ0) is 15.1. The van der Waals surface area contributed by atoms with E-state index in [1.54, 1.807) is 6.07 Å². The highest BCUT2D eigenvalue weighted by atomic mass is 32.2. The number of thioether (sulfide) groups is 1. The number of anilines is 1. The van der Waals surface area contributed by atoms with E-state index in [4.69, 9.17) is 5.73 Å². The molecular weight excluding hydrogens is 308 g/mol. The van der Waals surface area contributed by atoms with Crippen LogP contribution in [0.5, 0.6) is 0 Å². The molecule has 0 spiro atoms. The number of nitrogen functional groups attached to an aromatic ring is 1. The number of hydrogen-bond donors (Lipinski definition) is 2. The monoisotopic (exact) mass is 328 g/mol. The van der Waals surface area contributed by atoms with E-state index in [9.17, 15) is 13.5 Å². The van der Waals surface area contributed by atoms with Crippen molar-refractivity contribution in [1.82, 2.24) is 4.31 Å². The summed E-state index contributed by atoms with van der Waals surface area (Å²) in [6.07, 6.45) is 2.05. The van der Waals surface area contributed by atoms with Crippen LogP contribution in [0.4, 0.5) is 5.69 Å². The molecule has 21 heavy (non-hydrogen) atoms. The second kappa shape index (κ2) is 5.46. The van der Waals surface area contributed by atoms with Gasteiger partial charge in [0.1, 0.15) is 0 Å². The molecule has 3 rings (SSSR count). The Bertz CT molecular complexity index is 623. The number of nitrogens with zero attached hydrogens (tertiary/aromatic N) is 1. The van der Waals surface area contributed by atoms with Gasteiger partial charge >= 0.3 is 0 Å². The van der Waals surface area contributed by atoms with Crippen molar-refractivity contribution in [2.75, 3.05) is 30.3 Å². The molecule has 5 nitrogen and oxygen atoms in total. The summed E-state index contributed by atoms with van der Waals surface area (Å²) in [5.41, 5.74) is 5.62. The maximum atomic E-state index is 12.2. The average molecular weight is 328 g/mol. The molecule has 1 aromatic carbocycles. The first-order chi connectivity index (χ1) is 9.89. The van der Waals surface area contributed by atoms with Gasteiger partial charge in [-0.05, 0) is 37.0 Å². The average Bonchev–Trinajstić information content (AvgIpc) is 3.19. The molecule has 0 amide bonds. The highest BCUT2D eigenvalue weighted by molar-refractivity contribution is 8.00. The first-order valence-corrected chi connectivity index (χ1v) is 9.67. The Morgan fingerprint density at radius 3 is 2.71 bits per heavy atom. The molecule has 0 bridgehead atoms. The van der Waals surface area contributed by atoms with Crippen molar-refractivity contribution in [2.24, 2.45) is 5.92 Å². The SMILES string of the molecule is Nc1cccc(SCCS(=O)(=O)N2CC(O)(C3CC3)C2)c1. The summed E-state index contributed by atoms with van der Waals surface area (Å²) in [7, 11) is -3.26. The van der Waals surface area contributed by atoms with E-state index in [1.807, 2.05) is 18.2 Å². The van der Waals surface area contributed by atoms with Crippen molar-refractivity contribution in [3.63, 3.8) is 0 Å². The molecule has 1 aliphatic carbocycles. The maximum absolute atomic E-state index is 12.2. The first kappa shape index (κ1) is 15.1. The van der Waals surface area contributed by atoms with Crippen LogP contribution in [0.25, 0.3) is 0 Å². The van der Waals surface area contributed by atoms with Gasteiger partial charge in [0.2, 0.25) is 10.0 Å². The van der Waals surface area contributed by atoms with Crippen LogP contribution in [0.3, 0.4) is 0 Å². The number of nitrogens with two attached hydrogens (primary N) is 1. The molecule has 0 atom stereocenters. The van der Waals surface area contributed by atoms with Gasteiger partial charge in [0.05, 0.1) is 11.4 Å². The first-order valence-electron chi connectivity index (χ1n) is 7.08. The fourth-order valence-electron chi connectivity index (χ4n) is 2.64. The van der Waals surface area contributed by atoms with Crippen LogP contribution < -0.4 is 5.73 Å². The van der Waals surface area contributed by atoms with E-state index < -0.39 is 15.6 Å². The Kier molecular flexibility index (Phi) is 3.94. The third kappa shape index (κ3) is 3.36. The summed E-state index contributed by atoms with van der Waals surface area (Å²) in [5, 5.41) is 10.2. The molecule has 0 radical (unpaired) electrons. The van der Waals surface area contributed by atoms with E-state index in [-0.39, 0.29) is 18.8 Å². The van der Waals surface area contributed by atoms with Gasteiger partial charge in [-0.1, -0.05) is 6.07 Å². The zero-order valence-electron chi connectivity index (χ0n) is 11.7. The molecule has 1 saturated carbocycles. The van der Waals surface area contributed by atoms with Gasteiger partial charge in [-0.2, -0.15) is 4.31 Å². The molecule has 7 heteroatoms. The molecule has 2 aliphatic rings. The third-order valence-electron chi connectivity index (χ3n) is 4.10. The van der Waals surface area contributed by atoms with Gasteiger partial charge < -0.3 is 10.8 Å². The smallest absolute Gasteiger partial charge is 0.215 e. The second-order valence-corrected chi connectivity index (χ2v) is 9.14. The van der Waals surface area contributed by atoms with Crippen molar-refractivity contribution in [3.8, 4) is 0 Å². The Morgan fingerprint density at radius 1 is 1.38 bits per heavy atom. The van der Waals surface area contributed by atoms with Gasteiger partial charge in [0, 0.05) is 29.4 Å². The quantitative estimate of drug-likeness (QED) is 0.604. The van der Waals surface area contributed by atoms with Crippen LogP contribution in [-0.2, 0) is 10.0 Å². The van der Waals surface area contributed by atoms with Gasteiger partial charge in [-0.3, -0.25) is 0 Å². The van der Waals surface area contributed by atoms with Crippen molar-refractivity contribution >= 4 is 27.5 Å². The fraction of sp³-hybridized carbons (Fsp3) is 0.571. The topological polar surface area (TPSA) is 83.6 Å².